The minimum Gasteiger partial charge on any atom is -0.480 e. The highest BCUT2D eigenvalue weighted by molar-refractivity contribution is 7.99. The molecule has 29 heavy (non-hydrogen) atoms. The molecule has 1 aliphatic carbocycles. The predicted molar refractivity (Wildman–Crippen MR) is 111 cm³/mol. The number of nitrogens with one attached hydrogen (secondary N) is 1. The zero-order valence-electron chi connectivity index (χ0n) is 16.4. The van der Waals surface area contributed by atoms with Crippen LogP contribution in [0.4, 0.5) is 5.69 Å². The van der Waals surface area contributed by atoms with Gasteiger partial charge >= 0.3 is 11.9 Å². The van der Waals surface area contributed by atoms with Gasteiger partial charge in [-0.2, -0.15) is 0 Å². The van der Waals surface area contributed by atoms with Crippen LogP contribution in [0.25, 0.3) is 0 Å². The van der Waals surface area contributed by atoms with Crippen LogP contribution in [0, 0.1) is 5.92 Å². The van der Waals surface area contributed by atoms with E-state index in [4.69, 9.17) is 0 Å². The Morgan fingerprint density at radius 1 is 1.17 bits per heavy atom. The van der Waals surface area contributed by atoms with Gasteiger partial charge in [-0.1, -0.05) is 44.2 Å². The molecule has 0 unspecified atom stereocenters. The van der Waals surface area contributed by atoms with Gasteiger partial charge in [0, 0.05) is 10.6 Å². The third kappa shape index (κ3) is 5.73. The molecular weight excluding hydrogens is 392 g/mol. The number of hydrogen-bond donors (Lipinski definition) is 3. The maximum absolute atomic E-state index is 13.1. The largest absolute Gasteiger partial charge is 0.480 e. The Balaban J connectivity index is 1.71. The molecule has 1 heterocycles. The number of thioether (sulfide) groups is 1. The second kappa shape index (κ2) is 10.1. The Kier molecular flexibility index (Phi) is 7.55. The van der Waals surface area contributed by atoms with Crippen LogP contribution in [0.3, 0.4) is 0 Å². The van der Waals surface area contributed by atoms with E-state index in [2.05, 4.69) is 5.32 Å². The van der Waals surface area contributed by atoms with Crippen LogP contribution >= 0.6 is 11.8 Å². The highest BCUT2D eigenvalue weighted by Crippen LogP contribution is 2.34. The van der Waals surface area contributed by atoms with Crippen molar-refractivity contribution in [1.29, 1.82) is 0 Å². The fourth-order valence-electron chi connectivity index (χ4n) is 4.17. The molecule has 2 atom stereocenters. The number of carbonyl (C=O) groups excluding carboxylic acids is 1. The summed E-state index contributed by atoms with van der Waals surface area (Å²) in [7, 11) is 0. The summed E-state index contributed by atoms with van der Waals surface area (Å²) in [6.45, 7) is -0.450. The minimum atomic E-state index is -1.11. The second-order valence-electron chi connectivity index (χ2n) is 7.79. The monoisotopic (exact) mass is 420 g/mol. The van der Waals surface area contributed by atoms with Crippen molar-refractivity contribution in [3.05, 3.63) is 24.3 Å². The molecule has 158 valence electrons. The van der Waals surface area contributed by atoms with Gasteiger partial charge in [0.1, 0.15) is 12.6 Å². The molecular formula is C21H28N2O5S. The van der Waals surface area contributed by atoms with Crippen LogP contribution in [0.5, 0.6) is 0 Å². The SMILES string of the molecule is O=C(O)CN1C(=O)[C@@H](N[C@@H](CCC2CCCCC2)C(=O)O)CSc2ccccc21. The number of hydrogen-bond acceptors (Lipinski definition) is 5. The predicted octanol–water partition coefficient (Wildman–Crippen LogP) is 2.98. The first kappa shape index (κ1) is 21.6. The van der Waals surface area contributed by atoms with E-state index in [0.717, 1.165) is 24.2 Å². The van der Waals surface area contributed by atoms with Crippen LogP contribution in [-0.4, -0.2) is 52.4 Å². The number of anilines is 1. The number of para-hydroxylation sites is 1. The Bertz CT molecular complexity index is 750. The van der Waals surface area contributed by atoms with Crippen LogP contribution in [0.15, 0.2) is 29.2 Å². The van der Waals surface area contributed by atoms with Gasteiger partial charge in [-0.15, -0.1) is 11.8 Å². The molecule has 0 saturated heterocycles. The normalized spacial score (nSPS) is 21.3. The number of carbonyl (C=O) groups is 3. The summed E-state index contributed by atoms with van der Waals surface area (Å²) < 4.78 is 0. The van der Waals surface area contributed by atoms with Gasteiger partial charge in [0.15, 0.2) is 0 Å². The smallest absolute Gasteiger partial charge is 0.323 e. The van der Waals surface area contributed by atoms with Crippen LogP contribution in [0.1, 0.15) is 44.9 Å². The number of nitrogens with zero attached hydrogens (tertiary/aromatic N) is 1. The first-order valence-electron chi connectivity index (χ1n) is 10.2. The zero-order chi connectivity index (χ0) is 20.8. The number of rotatable bonds is 8. The first-order chi connectivity index (χ1) is 14.0. The topological polar surface area (TPSA) is 107 Å². The Morgan fingerprint density at radius 2 is 1.90 bits per heavy atom. The molecule has 8 heteroatoms. The molecule has 1 saturated carbocycles. The summed E-state index contributed by atoms with van der Waals surface area (Å²) in [6.07, 6.45) is 7.26. The quantitative estimate of drug-likeness (QED) is 0.593. The van der Waals surface area contributed by atoms with Crippen molar-refractivity contribution in [2.45, 2.75) is 61.9 Å². The van der Waals surface area contributed by atoms with E-state index < -0.39 is 36.5 Å². The molecule has 1 aromatic rings. The third-order valence-electron chi connectivity index (χ3n) is 5.71. The Hall–Kier alpha value is -2.06. The lowest BCUT2D eigenvalue weighted by atomic mass is 9.85. The number of fused-ring (bicyclic) bond motifs is 1. The number of benzene rings is 1. The van der Waals surface area contributed by atoms with E-state index in [1.165, 1.54) is 35.9 Å². The molecule has 3 N–H and O–H groups in total. The average molecular weight is 421 g/mol. The van der Waals surface area contributed by atoms with Crippen molar-refractivity contribution in [3.63, 3.8) is 0 Å². The molecule has 2 aliphatic rings. The summed E-state index contributed by atoms with van der Waals surface area (Å²) >= 11 is 1.44. The van der Waals surface area contributed by atoms with Crippen molar-refractivity contribution in [2.24, 2.45) is 5.92 Å². The highest BCUT2D eigenvalue weighted by atomic mass is 32.2. The summed E-state index contributed by atoms with van der Waals surface area (Å²) in [5, 5.41) is 22.0. The van der Waals surface area contributed by atoms with Crippen molar-refractivity contribution < 1.29 is 24.6 Å². The number of aliphatic carboxylic acids is 2. The summed E-state index contributed by atoms with van der Waals surface area (Å²) in [4.78, 5) is 38.3. The standard InChI is InChI=1S/C21H28N2O5S/c24-19(25)12-23-17-8-4-5-9-18(17)29-13-16(20(23)26)22-15(21(27)28)11-10-14-6-2-1-3-7-14/h4-5,8-9,14-16,22H,1-3,6-7,10-13H2,(H,24,25)(H,27,28)/t15-,16-/m0/s1. The van der Waals surface area contributed by atoms with Gasteiger partial charge in [0.05, 0.1) is 11.7 Å². The molecule has 1 aromatic carbocycles. The molecule has 1 amide bonds. The lowest BCUT2D eigenvalue weighted by Crippen LogP contribution is -2.53. The maximum atomic E-state index is 13.1. The number of carboxylic acid groups (broad SMARTS) is 2. The molecule has 1 fully saturated rings. The summed E-state index contributed by atoms with van der Waals surface area (Å²) in [5.74, 6) is -1.55. The van der Waals surface area contributed by atoms with E-state index in [1.54, 1.807) is 12.1 Å². The molecule has 7 nitrogen and oxygen atoms in total. The van der Waals surface area contributed by atoms with E-state index in [1.807, 2.05) is 12.1 Å². The van der Waals surface area contributed by atoms with E-state index in [0.29, 0.717) is 23.8 Å². The van der Waals surface area contributed by atoms with Gasteiger partial charge in [-0.05, 0) is 30.9 Å². The summed E-state index contributed by atoms with van der Waals surface area (Å²) in [5.41, 5.74) is 0.559. The first-order valence-corrected chi connectivity index (χ1v) is 11.2. The number of carboxylic acids is 2. The average Bonchev–Trinajstić information content (AvgIpc) is 2.83. The minimum absolute atomic E-state index is 0.360. The van der Waals surface area contributed by atoms with Crippen LogP contribution in [-0.2, 0) is 14.4 Å². The third-order valence-corrected chi connectivity index (χ3v) is 6.86. The van der Waals surface area contributed by atoms with E-state index in [9.17, 15) is 24.6 Å². The van der Waals surface area contributed by atoms with Crippen molar-refractivity contribution in [2.75, 3.05) is 17.2 Å². The van der Waals surface area contributed by atoms with Crippen molar-refractivity contribution in [1.82, 2.24) is 5.32 Å². The molecule has 0 bridgehead atoms. The lowest BCUT2D eigenvalue weighted by molar-refractivity contribution is -0.140. The van der Waals surface area contributed by atoms with Crippen molar-refractivity contribution in [3.8, 4) is 0 Å². The second-order valence-corrected chi connectivity index (χ2v) is 8.85. The van der Waals surface area contributed by atoms with Crippen molar-refractivity contribution >= 4 is 35.3 Å². The van der Waals surface area contributed by atoms with Gasteiger partial charge in [0.25, 0.3) is 0 Å². The van der Waals surface area contributed by atoms with Gasteiger partial charge < -0.3 is 10.2 Å². The highest BCUT2D eigenvalue weighted by Gasteiger charge is 2.34. The molecule has 0 aromatic heterocycles. The molecule has 0 spiro atoms. The van der Waals surface area contributed by atoms with E-state index >= 15 is 0 Å². The van der Waals surface area contributed by atoms with Gasteiger partial charge in [-0.25, -0.2) is 0 Å². The molecule has 1 aliphatic heterocycles. The Labute approximate surface area is 174 Å². The lowest BCUT2D eigenvalue weighted by Gasteiger charge is -2.27. The van der Waals surface area contributed by atoms with Gasteiger partial charge in [0.2, 0.25) is 5.91 Å². The molecule has 3 rings (SSSR count). The fraction of sp³-hybridized carbons (Fsp3) is 0.571. The summed E-state index contributed by atoms with van der Waals surface area (Å²) in [6, 6.07) is 5.61. The van der Waals surface area contributed by atoms with Crippen LogP contribution in [0.2, 0.25) is 0 Å². The van der Waals surface area contributed by atoms with E-state index in [-0.39, 0.29) is 0 Å². The maximum Gasteiger partial charge on any atom is 0.323 e. The number of amides is 1. The molecule has 0 radical (unpaired) electrons. The fourth-order valence-corrected chi connectivity index (χ4v) is 5.26. The Morgan fingerprint density at radius 3 is 2.59 bits per heavy atom. The van der Waals surface area contributed by atoms with Crippen LogP contribution < -0.4 is 10.2 Å². The van der Waals surface area contributed by atoms with Gasteiger partial charge in [-0.3, -0.25) is 24.6 Å². The zero-order valence-corrected chi connectivity index (χ0v) is 17.2.